The first-order valence-electron chi connectivity index (χ1n) is 7.38. The molecule has 1 saturated heterocycles. The molecule has 0 spiro atoms. The first-order chi connectivity index (χ1) is 9.56. The van der Waals surface area contributed by atoms with Crippen LogP contribution in [-0.2, 0) is 9.53 Å². The van der Waals surface area contributed by atoms with Gasteiger partial charge in [-0.05, 0) is 38.0 Å². The predicted molar refractivity (Wildman–Crippen MR) is 73.5 cm³/mol. The number of nitrogens with one attached hydrogen (secondary N) is 1. The maximum Gasteiger partial charge on any atom is 0.317 e. The Labute approximate surface area is 119 Å². The third-order valence-electron chi connectivity index (χ3n) is 4.33. The molecule has 20 heavy (non-hydrogen) atoms. The largest absolute Gasteiger partial charge is 0.481 e. The highest BCUT2D eigenvalue weighted by atomic mass is 16.5. The molecule has 2 rings (SSSR count). The Morgan fingerprint density at radius 1 is 1.25 bits per heavy atom. The highest BCUT2D eigenvalue weighted by molar-refractivity contribution is 5.75. The number of amides is 2. The van der Waals surface area contributed by atoms with E-state index in [0.717, 1.165) is 39.0 Å². The van der Waals surface area contributed by atoms with Crippen molar-refractivity contribution in [2.45, 2.75) is 38.1 Å². The molecule has 0 radical (unpaired) electrons. The van der Waals surface area contributed by atoms with Crippen molar-refractivity contribution in [3.05, 3.63) is 0 Å². The molecular weight excluding hydrogens is 260 g/mol. The van der Waals surface area contributed by atoms with Crippen molar-refractivity contribution in [1.82, 2.24) is 10.2 Å². The van der Waals surface area contributed by atoms with E-state index in [9.17, 15) is 9.59 Å². The molecule has 2 unspecified atom stereocenters. The van der Waals surface area contributed by atoms with Crippen LogP contribution >= 0.6 is 0 Å². The highest BCUT2D eigenvalue weighted by Crippen LogP contribution is 2.25. The third-order valence-corrected chi connectivity index (χ3v) is 4.33. The van der Waals surface area contributed by atoms with E-state index in [-0.39, 0.29) is 18.0 Å². The van der Waals surface area contributed by atoms with Gasteiger partial charge >= 0.3 is 12.0 Å². The van der Waals surface area contributed by atoms with E-state index in [1.807, 2.05) is 0 Å². The van der Waals surface area contributed by atoms with E-state index in [2.05, 4.69) is 5.32 Å². The number of aliphatic carboxylic acids is 1. The Morgan fingerprint density at radius 2 is 1.95 bits per heavy atom. The summed E-state index contributed by atoms with van der Waals surface area (Å²) in [5.41, 5.74) is 0. The molecule has 0 aromatic heterocycles. The lowest BCUT2D eigenvalue weighted by Crippen LogP contribution is -2.44. The smallest absolute Gasteiger partial charge is 0.317 e. The van der Waals surface area contributed by atoms with Crippen LogP contribution in [0, 0.1) is 11.8 Å². The maximum atomic E-state index is 12.1. The third kappa shape index (κ3) is 4.10. The molecular formula is C14H24N2O4. The number of ether oxygens (including phenoxy) is 1. The lowest BCUT2D eigenvalue weighted by molar-refractivity contribution is -0.141. The molecule has 114 valence electrons. The van der Waals surface area contributed by atoms with Crippen LogP contribution in [0.1, 0.15) is 32.1 Å². The van der Waals surface area contributed by atoms with Crippen molar-refractivity contribution in [3.8, 4) is 0 Å². The molecule has 0 aromatic carbocycles. The fourth-order valence-corrected chi connectivity index (χ4v) is 3.02. The molecule has 2 amide bonds. The zero-order chi connectivity index (χ0) is 14.5. The number of carbonyl (C=O) groups excluding carboxylic acids is 1. The van der Waals surface area contributed by atoms with Crippen molar-refractivity contribution >= 4 is 12.0 Å². The SMILES string of the molecule is CN(CC1CCOCC1)C(=O)NC1CCC(C(=O)O)C1. The van der Waals surface area contributed by atoms with E-state index in [4.69, 9.17) is 9.84 Å². The molecule has 6 heteroatoms. The fourth-order valence-electron chi connectivity index (χ4n) is 3.02. The highest BCUT2D eigenvalue weighted by Gasteiger charge is 2.31. The van der Waals surface area contributed by atoms with Crippen molar-refractivity contribution < 1.29 is 19.4 Å². The van der Waals surface area contributed by atoms with Crippen molar-refractivity contribution in [2.24, 2.45) is 11.8 Å². The minimum atomic E-state index is -0.752. The van der Waals surface area contributed by atoms with E-state index in [1.165, 1.54) is 0 Å². The zero-order valence-electron chi connectivity index (χ0n) is 12.0. The average molecular weight is 284 g/mol. The summed E-state index contributed by atoms with van der Waals surface area (Å²) >= 11 is 0. The number of rotatable bonds is 4. The minimum absolute atomic E-state index is 0.000684. The molecule has 2 N–H and O–H groups in total. The van der Waals surface area contributed by atoms with Crippen LogP contribution in [0.15, 0.2) is 0 Å². The average Bonchev–Trinajstić information content (AvgIpc) is 2.88. The number of nitrogens with zero attached hydrogens (tertiary/aromatic N) is 1. The number of hydrogen-bond donors (Lipinski definition) is 2. The van der Waals surface area contributed by atoms with Gasteiger partial charge in [-0.1, -0.05) is 0 Å². The number of carboxylic acids is 1. The summed E-state index contributed by atoms with van der Waals surface area (Å²) in [6.07, 6.45) is 3.97. The fraction of sp³-hybridized carbons (Fsp3) is 0.857. The topological polar surface area (TPSA) is 78.9 Å². The van der Waals surface area contributed by atoms with Gasteiger partial charge in [0, 0.05) is 32.8 Å². The maximum absolute atomic E-state index is 12.1. The van der Waals surface area contributed by atoms with Gasteiger partial charge in [0.05, 0.1) is 5.92 Å². The molecule has 2 aliphatic rings. The summed E-state index contributed by atoms with van der Waals surface area (Å²) < 4.78 is 5.31. The van der Waals surface area contributed by atoms with E-state index in [0.29, 0.717) is 18.8 Å². The number of carbonyl (C=O) groups is 2. The standard InChI is InChI=1S/C14H24N2O4/c1-16(9-10-4-6-20-7-5-10)14(19)15-12-3-2-11(8-12)13(17)18/h10-12H,2-9H2,1H3,(H,15,19)(H,17,18). The Hall–Kier alpha value is -1.30. The zero-order valence-corrected chi connectivity index (χ0v) is 12.0. The minimum Gasteiger partial charge on any atom is -0.481 e. The van der Waals surface area contributed by atoms with Crippen LogP contribution in [0.4, 0.5) is 4.79 Å². The van der Waals surface area contributed by atoms with Gasteiger partial charge in [-0.25, -0.2) is 4.79 Å². The summed E-state index contributed by atoms with van der Waals surface area (Å²) in [4.78, 5) is 24.7. The van der Waals surface area contributed by atoms with Crippen molar-refractivity contribution in [1.29, 1.82) is 0 Å². The molecule has 0 bridgehead atoms. The molecule has 1 saturated carbocycles. The molecule has 1 heterocycles. The van der Waals surface area contributed by atoms with Gasteiger partial charge in [-0.2, -0.15) is 0 Å². The second-order valence-corrected chi connectivity index (χ2v) is 5.93. The first-order valence-corrected chi connectivity index (χ1v) is 7.38. The van der Waals surface area contributed by atoms with Gasteiger partial charge in [-0.15, -0.1) is 0 Å². The summed E-state index contributed by atoms with van der Waals surface area (Å²) in [5.74, 6) is -0.548. The van der Waals surface area contributed by atoms with Crippen molar-refractivity contribution in [2.75, 3.05) is 26.8 Å². The molecule has 2 fully saturated rings. The second-order valence-electron chi connectivity index (χ2n) is 5.93. The molecule has 6 nitrogen and oxygen atoms in total. The molecule has 0 aromatic rings. The molecule has 2 atom stereocenters. The number of hydrogen-bond acceptors (Lipinski definition) is 3. The van der Waals surface area contributed by atoms with E-state index >= 15 is 0 Å². The summed E-state index contributed by atoms with van der Waals surface area (Å²) in [5, 5.41) is 11.9. The number of urea groups is 1. The van der Waals surface area contributed by atoms with Crippen LogP contribution in [0.3, 0.4) is 0 Å². The lowest BCUT2D eigenvalue weighted by Gasteiger charge is -2.28. The van der Waals surface area contributed by atoms with Gasteiger partial charge < -0.3 is 20.1 Å². The van der Waals surface area contributed by atoms with E-state index < -0.39 is 5.97 Å². The Kier molecular flexibility index (Phi) is 5.23. The molecule has 1 aliphatic carbocycles. The summed E-state index contributed by atoms with van der Waals surface area (Å²) in [6.45, 7) is 2.30. The quantitative estimate of drug-likeness (QED) is 0.816. The van der Waals surface area contributed by atoms with Crippen LogP contribution < -0.4 is 5.32 Å². The van der Waals surface area contributed by atoms with Gasteiger partial charge in [0.1, 0.15) is 0 Å². The van der Waals surface area contributed by atoms with Gasteiger partial charge in [-0.3, -0.25) is 4.79 Å². The first kappa shape index (κ1) is 15.1. The molecule has 1 aliphatic heterocycles. The van der Waals surface area contributed by atoms with Crippen LogP contribution in [0.5, 0.6) is 0 Å². The van der Waals surface area contributed by atoms with E-state index in [1.54, 1.807) is 11.9 Å². The predicted octanol–water partition coefficient (Wildman–Crippen LogP) is 1.31. The van der Waals surface area contributed by atoms with Crippen molar-refractivity contribution in [3.63, 3.8) is 0 Å². The van der Waals surface area contributed by atoms with Crippen LogP contribution in [0.25, 0.3) is 0 Å². The van der Waals surface area contributed by atoms with Crippen LogP contribution in [0.2, 0.25) is 0 Å². The normalized spacial score (nSPS) is 27.2. The Morgan fingerprint density at radius 3 is 2.55 bits per heavy atom. The monoisotopic (exact) mass is 284 g/mol. The lowest BCUT2D eigenvalue weighted by atomic mass is 10.00. The second kappa shape index (κ2) is 6.92. The summed E-state index contributed by atoms with van der Waals surface area (Å²) in [6, 6.07) is -0.0896. The van der Waals surface area contributed by atoms with Gasteiger partial charge in [0.25, 0.3) is 0 Å². The Bertz CT molecular complexity index is 355. The Balaban J connectivity index is 1.72. The summed E-state index contributed by atoms with van der Waals surface area (Å²) in [7, 11) is 1.80. The van der Waals surface area contributed by atoms with Crippen LogP contribution in [-0.4, -0.2) is 54.9 Å². The van der Waals surface area contributed by atoms with Gasteiger partial charge in [0.15, 0.2) is 0 Å². The number of carboxylic acid groups (broad SMARTS) is 1. The van der Waals surface area contributed by atoms with Gasteiger partial charge in [0.2, 0.25) is 0 Å².